The summed E-state index contributed by atoms with van der Waals surface area (Å²) < 4.78 is 34.1. The van der Waals surface area contributed by atoms with Gasteiger partial charge in [-0.2, -0.15) is 9.65 Å². The average molecular weight is 342 g/mol. The Balaban J connectivity index is 3.27. The number of hydrogen-bond donors (Lipinski definition) is 0. The van der Waals surface area contributed by atoms with E-state index in [1.807, 2.05) is 0 Å². The first-order valence-electron chi connectivity index (χ1n) is 4.81. The van der Waals surface area contributed by atoms with Crippen molar-refractivity contribution in [3.05, 3.63) is 34.4 Å². The summed E-state index contributed by atoms with van der Waals surface area (Å²) in [5.74, 6) is 0. The molecule has 0 saturated carbocycles. The van der Waals surface area contributed by atoms with Crippen LogP contribution >= 0.6 is 23.2 Å². The molecule has 0 radical (unpaired) electrons. The molecular formula is C9H6Cl2FN3O4S. The lowest BCUT2D eigenvalue weighted by Gasteiger charge is -2.24. The van der Waals surface area contributed by atoms with Gasteiger partial charge in [0.1, 0.15) is 6.54 Å². The Morgan fingerprint density at radius 1 is 1.40 bits per heavy atom. The molecule has 7 nitrogen and oxygen atoms in total. The van der Waals surface area contributed by atoms with Gasteiger partial charge in [-0.3, -0.25) is 10.1 Å². The van der Waals surface area contributed by atoms with E-state index in [9.17, 15) is 22.9 Å². The standard InChI is InChI=1S/C9H6Cl2FN3O4S/c10-9(11,12)14(6-5-13)20(18,19)8-3-1-7(2-4-8)15(16)17/h1-4H,6H2. The Hall–Kier alpha value is -1.47. The van der Waals surface area contributed by atoms with Crippen LogP contribution in [0.5, 0.6) is 0 Å². The number of nitriles is 1. The molecule has 0 N–H and O–H groups in total. The van der Waals surface area contributed by atoms with E-state index in [0.29, 0.717) is 0 Å². The van der Waals surface area contributed by atoms with Crippen LogP contribution in [0.4, 0.5) is 10.1 Å². The van der Waals surface area contributed by atoms with E-state index in [2.05, 4.69) is 0 Å². The number of nitro groups is 1. The van der Waals surface area contributed by atoms with Crippen molar-refractivity contribution in [3.8, 4) is 6.07 Å². The van der Waals surface area contributed by atoms with Gasteiger partial charge < -0.3 is 0 Å². The van der Waals surface area contributed by atoms with Crippen molar-refractivity contribution in [2.75, 3.05) is 6.54 Å². The highest BCUT2D eigenvalue weighted by molar-refractivity contribution is 7.89. The largest absolute Gasteiger partial charge is 0.330 e. The molecule has 0 aromatic heterocycles. The fourth-order valence-corrected chi connectivity index (χ4v) is 3.14. The minimum atomic E-state index is -4.51. The monoisotopic (exact) mass is 341 g/mol. The van der Waals surface area contributed by atoms with Gasteiger partial charge in [0.05, 0.1) is 15.9 Å². The number of hydrogen-bond acceptors (Lipinski definition) is 5. The summed E-state index contributed by atoms with van der Waals surface area (Å²) >= 11 is 10.2. The van der Waals surface area contributed by atoms with E-state index in [1.54, 1.807) is 0 Å². The molecule has 0 heterocycles. The summed E-state index contributed by atoms with van der Waals surface area (Å²) in [4.78, 5) is 9.24. The van der Waals surface area contributed by atoms with Crippen LogP contribution in [0.1, 0.15) is 0 Å². The second kappa shape index (κ2) is 5.88. The Morgan fingerprint density at radius 2 is 1.90 bits per heavy atom. The highest BCUT2D eigenvalue weighted by Crippen LogP contribution is 2.33. The molecule has 108 valence electrons. The molecule has 0 saturated heterocycles. The minimum absolute atomic E-state index is 0.0791. The quantitative estimate of drug-likeness (QED) is 0.268. The Labute approximate surface area is 123 Å². The third-order valence-electron chi connectivity index (χ3n) is 2.13. The van der Waals surface area contributed by atoms with Crippen molar-refractivity contribution < 1.29 is 17.7 Å². The van der Waals surface area contributed by atoms with E-state index in [-0.39, 0.29) is 9.99 Å². The zero-order valence-electron chi connectivity index (χ0n) is 9.53. The fourth-order valence-electron chi connectivity index (χ4n) is 1.24. The molecule has 0 aliphatic rings. The summed E-state index contributed by atoms with van der Waals surface area (Å²) in [6.07, 6.45) is 0. The molecule has 1 aromatic rings. The lowest BCUT2D eigenvalue weighted by Crippen LogP contribution is -2.41. The van der Waals surface area contributed by atoms with Crippen molar-refractivity contribution in [3.63, 3.8) is 0 Å². The van der Waals surface area contributed by atoms with E-state index in [4.69, 9.17) is 28.5 Å². The third kappa shape index (κ3) is 3.55. The van der Waals surface area contributed by atoms with Crippen LogP contribution in [0.3, 0.4) is 0 Å². The van der Waals surface area contributed by atoms with Crippen LogP contribution < -0.4 is 0 Å². The van der Waals surface area contributed by atoms with Gasteiger partial charge in [0.15, 0.2) is 0 Å². The molecule has 0 fully saturated rings. The van der Waals surface area contributed by atoms with Crippen LogP contribution in [0.2, 0.25) is 0 Å². The maximum absolute atomic E-state index is 13.4. The molecule has 0 unspecified atom stereocenters. The topological polar surface area (TPSA) is 104 Å². The van der Waals surface area contributed by atoms with Crippen LogP contribution in [0, 0.1) is 21.4 Å². The van der Waals surface area contributed by atoms with Gasteiger partial charge in [-0.25, -0.2) is 8.42 Å². The first-order valence-corrected chi connectivity index (χ1v) is 7.01. The lowest BCUT2D eigenvalue weighted by molar-refractivity contribution is -0.384. The number of sulfonamides is 1. The van der Waals surface area contributed by atoms with Crippen molar-refractivity contribution in [1.29, 1.82) is 5.26 Å². The summed E-state index contributed by atoms with van der Waals surface area (Å²) in [7, 11) is -4.51. The Morgan fingerprint density at radius 3 is 2.25 bits per heavy atom. The summed E-state index contributed by atoms with van der Waals surface area (Å²) in [6, 6.07) is 5.01. The van der Waals surface area contributed by atoms with E-state index in [1.165, 1.54) is 6.07 Å². The van der Waals surface area contributed by atoms with Gasteiger partial charge >= 0.3 is 4.71 Å². The smallest absolute Gasteiger partial charge is 0.258 e. The first kappa shape index (κ1) is 16.6. The maximum atomic E-state index is 13.4. The summed E-state index contributed by atoms with van der Waals surface area (Å²) in [5, 5.41) is 19.0. The second-order valence-electron chi connectivity index (χ2n) is 3.39. The van der Waals surface area contributed by atoms with Crippen LogP contribution in [-0.2, 0) is 10.0 Å². The number of nitro benzene ring substituents is 1. The van der Waals surface area contributed by atoms with E-state index >= 15 is 0 Å². The molecule has 20 heavy (non-hydrogen) atoms. The highest BCUT2D eigenvalue weighted by atomic mass is 35.5. The predicted octanol–water partition coefficient (Wildman–Crippen LogP) is 2.17. The number of alkyl halides is 3. The number of benzene rings is 1. The van der Waals surface area contributed by atoms with Gasteiger partial charge in [-0.05, 0) is 35.3 Å². The fraction of sp³-hybridized carbons (Fsp3) is 0.222. The van der Waals surface area contributed by atoms with Gasteiger partial charge in [0.2, 0.25) is 10.0 Å². The molecule has 11 heteroatoms. The molecule has 0 bridgehead atoms. The van der Waals surface area contributed by atoms with Crippen molar-refractivity contribution in [2.24, 2.45) is 0 Å². The predicted molar refractivity (Wildman–Crippen MR) is 68.1 cm³/mol. The number of nitrogens with zero attached hydrogens (tertiary/aromatic N) is 3. The lowest BCUT2D eigenvalue weighted by atomic mass is 10.3. The molecule has 0 amide bonds. The normalized spacial score (nSPS) is 12.2. The van der Waals surface area contributed by atoms with Gasteiger partial charge in [-0.15, -0.1) is 4.31 Å². The zero-order chi connectivity index (χ0) is 15.6. The Bertz CT molecular complexity index is 651. The molecule has 1 rings (SSSR count). The van der Waals surface area contributed by atoms with E-state index < -0.39 is 31.1 Å². The summed E-state index contributed by atoms with van der Waals surface area (Å²) in [5.41, 5.74) is -0.348. The molecule has 0 spiro atoms. The van der Waals surface area contributed by atoms with Crippen molar-refractivity contribution >= 4 is 38.9 Å². The second-order valence-corrected chi connectivity index (χ2v) is 6.45. The number of non-ortho nitro benzene ring substituents is 1. The SMILES string of the molecule is N#CCN(C(F)(Cl)Cl)S(=O)(=O)c1ccc([N+](=O)[O-])cc1. The number of halogens is 3. The third-order valence-corrected chi connectivity index (χ3v) is 4.57. The number of rotatable bonds is 5. The molecule has 0 atom stereocenters. The van der Waals surface area contributed by atoms with Crippen LogP contribution in [0.15, 0.2) is 29.2 Å². The maximum Gasteiger partial charge on any atom is 0.330 e. The average Bonchev–Trinajstić information content (AvgIpc) is 2.34. The zero-order valence-corrected chi connectivity index (χ0v) is 11.9. The van der Waals surface area contributed by atoms with Crippen LogP contribution in [-0.4, -0.2) is 28.9 Å². The highest BCUT2D eigenvalue weighted by Gasteiger charge is 2.42. The molecule has 0 aliphatic carbocycles. The van der Waals surface area contributed by atoms with E-state index in [0.717, 1.165) is 24.3 Å². The van der Waals surface area contributed by atoms with Gasteiger partial charge in [0, 0.05) is 12.1 Å². The van der Waals surface area contributed by atoms with Crippen LogP contribution in [0.25, 0.3) is 0 Å². The molecule has 1 aromatic carbocycles. The van der Waals surface area contributed by atoms with Crippen molar-refractivity contribution in [1.82, 2.24) is 4.31 Å². The van der Waals surface area contributed by atoms with Gasteiger partial charge in [0.25, 0.3) is 5.69 Å². The molecular weight excluding hydrogens is 336 g/mol. The van der Waals surface area contributed by atoms with Crippen molar-refractivity contribution in [2.45, 2.75) is 9.61 Å². The minimum Gasteiger partial charge on any atom is -0.258 e. The molecule has 0 aliphatic heterocycles. The Kier molecular flexibility index (Phi) is 4.88. The summed E-state index contributed by atoms with van der Waals surface area (Å²) in [6.45, 7) is -0.928. The first-order chi connectivity index (χ1) is 9.10. The van der Waals surface area contributed by atoms with Gasteiger partial charge in [-0.1, -0.05) is 0 Å².